The molecule has 0 aliphatic rings. The normalized spacial score (nSPS) is 11.8. The first-order chi connectivity index (χ1) is 12.8. The van der Waals surface area contributed by atoms with Gasteiger partial charge in [0.2, 0.25) is 5.91 Å². The lowest BCUT2D eigenvalue weighted by atomic mass is 10.1. The molecule has 1 aromatic heterocycles. The van der Waals surface area contributed by atoms with Gasteiger partial charge in [-0.3, -0.25) is 9.79 Å². The lowest BCUT2D eigenvalue weighted by Gasteiger charge is -2.21. The van der Waals surface area contributed by atoms with E-state index in [1.807, 2.05) is 32.9 Å². The summed E-state index contributed by atoms with van der Waals surface area (Å²) in [6.07, 6.45) is 0. The molecule has 0 fully saturated rings. The Kier molecular flexibility index (Phi) is 7.24. The molecular weight excluding hydrogens is 360 g/mol. The van der Waals surface area contributed by atoms with Gasteiger partial charge in [-0.15, -0.1) is 11.3 Å². The fourth-order valence-corrected chi connectivity index (χ4v) is 3.35. The van der Waals surface area contributed by atoms with Crippen molar-refractivity contribution in [1.29, 1.82) is 0 Å². The molecule has 146 valence electrons. The van der Waals surface area contributed by atoms with Crippen LogP contribution >= 0.6 is 11.3 Å². The van der Waals surface area contributed by atoms with Gasteiger partial charge in [0.1, 0.15) is 5.75 Å². The van der Waals surface area contributed by atoms with Gasteiger partial charge < -0.3 is 20.7 Å². The topological polar surface area (TPSA) is 74.8 Å². The minimum Gasteiger partial charge on any atom is -0.497 e. The number of thiophene rings is 1. The average Bonchev–Trinajstić information content (AvgIpc) is 3.09. The second-order valence-corrected chi connectivity index (χ2v) is 8.24. The zero-order valence-electron chi connectivity index (χ0n) is 16.6. The molecule has 2 rings (SSSR count). The molecule has 3 N–H and O–H groups in total. The molecule has 6 nitrogen and oxygen atoms in total. The summed E-state index contributed by atoms with van der Waals surface area (Å²) < 4.78 is 5.20. The van der Waals surface area contributed by atoms with Crippen LogP contribution in [0.3, 0.4) is 0 Å². The first-order valence-corrected chi connectivity index (χ1v) is 9.61. The Morgan fingerprint density at radius 3 is 2.41 bits per heavy atom. The van der Waals surface area contributed by atoms with Crippen LogP contribution in [0.1, 0.15) is 25.6 Å². The lowest BCUT2D eigenvalue weighted by molar-refractivity contribution is -0.121. The summed E-state index contributed by atoms with van der Waals surface area (Å²) in [7, 11) is 3.35. The van der Waals surface area contributed by atoms with E-state index in [2.05, 4.69) is 45.2 Å². The Labute approximate surface area is 165 Å². The number of benzene rings is 1. The maximum absolute atomic E-state index is 11.9. The van der Waals surface area contributed by atoms with E-state index in [9.17, 15) is 4.79 Å². The third-order valence-electron chi connectivity index (χ3n) is 3.62. The highest BCUT2D eigenvalue weighted by atomic mass is 32.1. The van der Waals surface area contributed by atoms with Gasteiger partial charge in [0, 0.05) is 22.3 Å². The van der Waals surface area contributed by atoms with Crippen molar-refractivity contribution in [3.63, 3.8) is 0 Å². The van der Waals surface area contributed by atoms with Gasteiger partial charge in [-0.2, -0.15) is 0 Å². The van der Waals surface area contributed by atoms with Crippen molar-refractivity contribution in [3.05, 3.63) is 41.3 Å². The van der Waals surface area contributed by atoms with E-state index in [0.717, 1.165) is 11.3 Å². The van der Waals surface area contributed by atoms with E-state index >= 15 is 0 Å². The number of ether oxygens (including phenoxy) is 1. The van der Waals surface area contributed by atoms with E-state index in [4.69, 9.17) is 4.74 Å². The van der Waals surface area contributed by atoms with E-state index in [1.54, 1.807) is 25.5 Å². The van der Waals surface area contributed by atoms with E-state index in [0.29, 0.717) is 12.5 Å². The first-order valence-electron chi connectivity index (χ1n) is 8.79. The van der Waals surface area contributed by atoms with Crippen LogP contribution in [0.25, 0.3) is 10.4 Å². The minimum atomic E-state index is -0.245. The maximum atomic E-state index is 11.9. The number of hydrogen-bond donors (Lipinski definition) is 3. The monoisotopic (exact) mass is 388 g/mol. The Bertz CT molecular complexity index is 776. The van der Waals surface area contributed by atoms with Crippen LogP contribution < -0.4 is 20.7 Å². The van der Waals surface area contributed by atoms with E-state index in [1.165, 1.54) is 9.75 Å². The number of carbonyl (C=O) groups excluding carboxylic acids is 1. The number of guanidine groups is 1. The number of nitrogens with zero attached hydrogens (tertiary/aromatic N) is 1. The van der Waals surface area contributed by atoms with Crippen LogP contribution in [0.15, 0.2) is 41.4 Å². The number of aliphatic imine (C=N–C) groups is 1. The minimum absolute atomic E-state index is 0.0663. The number of carbonyl (C=O) groups is 1. The predicted octanol–water partition coefficient (Wildman–Crippen LogP) is 3.00. The molecule has 0 saturated carbocycles. The summed E-state index contributed by atoms with van der Waals surface area (Å²) in [6.45, 7) is 6.68. The molecule has 0 aliphatic carbocycles. The highest BCUT2D eigenvalue weighted by molar-refractivity contribution is 7.15. The molecule has 0 spiro atoms. The van der Waals surface area contributed by atoms with Crippen LogP contribution in [-0.4, -0.2) is 38.1 Å². The van der Waals surface area contributed by atoms with Gasteiger partial charge in [0.25, 0.3) is 0 Å². The molecule has 0 unspecified atom stereocenters. The second-order valence-electron chi connectivity index (χ2n) is 7.07. The van der Waals surface area contributed by atoms with E-state index < -0.39 is 0 Å². The van der Waals surface area contributed by atoms with Crippen molar-refractivity contribution in [3.8, 4) is 16.2 Å². The molecule has 2 aromatic rings. The maximum Gasteiger partial charge on any atom is 0.239 e. The molecule has 1 amide bonds. The van der Waals surface area contributed by atoms with E-state index in [-0.39, 0.29) is 18.0 Å². The fraction of sp³-hybridized carbons (Fsp3) is 0.400. The molecule has 1 aromatic carbocycles. The summed E-state index contributed by atoms with van der Waals surface area (Å²) >= 11 is 1.72. The quantitative estimate of drug-likeness (QED) is 0.525. The Morgan fingerprint density at radius 2 is 1.81 bits per heavy atom. The molecule has 0 radical (unpaired) electrons. The van der Waals surface area contributed by atoms with Crippen molar-refractivity contribution < 1.29 is 9.53 Å². The van der Waals surface area contributed by atoms with Crippen molar-refractivity contribution in [2.75, 3.05) is 20.7 Å². The summed E-state index contributed by atoms with van der Waals surface area (Å²) in [4.78, 5) is 18.4. The number of nitrogens with one attached hydrogen (secondary N) is 3. The molecular formula is C20H28N4O2S. The highest BCUT2D eigenvalue weighted by Crippen LogP contribution is 2.29. The van der Waals surface area contributed by atoms with Crippen molar-refractivity contribution in [2.24, 2.45) is 4.99 Å². The van der Waals surface area contributed by atoms with Gasteiger partial charge in [-0.05, 0) is 62.7 Å². The first kappa shape index (κ1) is 20.8. The largest absolute Gasteiger partial charge is 0.497 e. The van der Waals surface area contributed by atoms with Crippen molar-refractivity contribution in [1.82, 2.24) is 16.0 Å². The van der Waals surface area contributed by atoms with Gasteiger partial charge >= 0.3 is 0 Å². The number of methoxy groups -OCH3 is 1. The Hall–Kier alpha value is -2.54. The molecule has 7 heteroatoms. The zero-order valence-corrected chi connectivity index (χ0v) is 17.4. The number of hydrogen-bond acceptors (Lipinski definition) is 4. The third-order valence-corrected chi connectivity index (χ3v) is 4.75. The molecule has 0 aliphatic heterocycles. The SMILES string of the molecule is CN=C(NCC(=O)NC(C)(C)C)NCc1ccc(-c2ccc(OC)cc2)s1. The molecule has 0 bridgehead atoms. The van der Waals surface area contributed by atoms with Crippen molar-refractivity contribution in [2.45, 2.75) is 32.9 Å². The summed E-state index contributed by atoms with van der Waals surface area (Å²) in [6, 6.07) is 12.2. The standard InChI is InChI=1S/C20H28N4O2S/c1-20(2,3)24-18(25)13-23-19(21-4)22-12-16-10-11-17(27-16)14-6-8-15(26-5)9-7-14/h6-11H,12-13H2,1-5H3,(H,24,25)(H2,21,22,23). The summed E-state index contributed by atoms with van der Waals surface area (Å²) in [5.41, 5.74) is 0.915. The van der Waals surface area contributed by atoms with Crippen LogP contribution in [-0.2, 0) is 11.3 Å². The molecule has 0 atom stereocenters. The van der Waals surface area contributed by atoms with Gasteiger partial charge in [0.05, 0.1) is 20.2 Å². The Balaban J connectivity index is 1.86. The van der Waals surface area contributed by atoms with Crippen LogP contribution in [0.5, 0.6) is 5.75 Å². The Morgan fingerprint density at radius 1 is 1.11 bits per heavy atom. The van der Waals surface area contributed by atoms with Crippen LogP contribution in [0.2, 0.25) is 0 Å². The summed E-state index contributed by atoms with van der Waals surface area (Å²) in [5, 5.41) is 9.18. The smallest absolute Gasteiger partial charge is 0.239 e. The van der Waals surface area contributed by atoms with Crippen LogP contribution in [0.4, 0.5) is 0 Å². The van der Waals surface area contributed by atoms with Gasteiger partial charge in [-0.25, -0.2) is 0 Å². The molecule has 0 saturated heterocycles. The van der Waals surface area contributed by atoms with Crippen LogP contribution in [0, 0.1) is 0 Å². The van der Waals surface area contributed by atoms with Crippen molar-refractivity contribution >= 4 is 23.2 Å². The predicted molar refractivity (Wildman–Crippen MR) is 112 cm³/mol. The number of amides is 1. The third kappa shape index (κ3) is 6.94. The number of rotatable bonds is 6. The second kappa shape index (κ2) is 9.41. The zero-order chi connectivity index (χ0) is 19.9. The highest BCUT2D eigenvalue weighted by Gasteiger charge is 2.13. The average molecular weight is 389 g/mol. The van der Waals surface area contributed by atoms with Gasteiger partial charge in [0.15, 0.2) is 5.96 Å². The summed E-state index contributed by atoms with van der Waals surface area (Å²) in [5.74, 6) is 1.38. The molecule has 27 heavy (non-hydrogen) atoms. The van der Waals surface area contributed by atoms with Gasteiger partial charge in [-0.1, -0.05) is 0 Å². The fourth-order valence-electron chi connectivity index (χ4n) is 2.40. The lowest BCUT2D eigenvalue weighted by Crippen LogP contribution is -2.48. The molecule has 1 heterocycles.